The van der Waals surface area contributed by atoms with Crippen LogP contribution in [0.1, 0.15) is 5.56 Å². The number of halogens is 3. The Morgan fingerprint density at radius 3 is 1.97 bits per heavy atom. The third-order valence-electron chi connectivity index (χ3n) is 6.40. The van der Waals surface area contributed by atoms with Gasteiger partial charge in [-0.1, -0.05) is 60.7 Å². The summed E-state index contributed by atoms with van der Waals surface area (Å²) in [5, 5.41) is 12.8. The van der Waals surface area contributed by atoms with Gasteiger partial charge in [0.1, 0.15) is 5.82 Å². The number of hydrogen-bond donors (Lipinski definition) is 0. The molecule has 0 aliphatic carbocycles. The van der Waals surface area contributed by atoms with Gasteiger partial charge in [0, 0.05) is 16.5 Å². The highest BCUT2D eigenvalue weighted by Crippen LogP contribution is 2.41. The van der Waals surface area contributed by atoms with Crippen molar-refractivity contribution in [2.45, 2.75) is 5.51 Å². The summed E-state index contributed by atoms with van der Waals surface area (Å²) >= 11 is 0. The Morgan fingerprint density at radius 1 is 0.769 bits per heavy atom. The van der Waals surface area contributed by atoms with Crippen LogP contribution in [-0.2, 0) is 10.1 Å². The summed E-state index contributed by atoms with van der Waals surface area (Å²) in [6.45, 7) is 0. The number of fused-ring (bicyclic) bond motifs is 6. The first-order valence-corrected chi connectivity index (χ1v) is 13.0. The number of rotatable bonds is 4. The fourth-order valence-corrected chi connectivity index (χ4v) is 5.19. The Hall–Kier alpha value is -4.88. The van der Waals surface area contributed by atoms with Crippen molar-refractivity contribution in [3.8, 4) is 28.9 Å². The molecule has 0 spiro atoms. The van der Waals surface area contributed by atoms with Crippen LogP contribution in [0.15, 0.2) is 97.1 Å². The van der Waals surface area contributed by atoms with Crippen molar-refractivity contribution >= 4 is 42.7 Å². The zero-order chi connectivity index (χ0) is 27.4. The van der Waals surface area contributed by atoms with E-state index in [1.54, 1.807) is 34.9 Å². The molecule has 39 heavy (non-hydrogen) atoms. The highest BCUT2D eigenvalue weighted by atomic mass is 32.2. The Kier molecular flexibility index (Phi) is 5.55. The molecule has 6 aromatic rings. The summed E-state index contributed by atoms with van der Waals surface area (Å²) in [6, 6.07) is 29.6. The molecular formula is C29H16F3N3O3S. The quantitative estimate of drug-likeness (QED) is 0.135. The van der Waals surface area contributed by atoms with Crippen molar-refractivity contribution in [1.29, 1.82) is 5.26 Å². The van der Waals surface area contributed by atoms with Crippen molar-refractivity contribution < 1.29 is 25.8 Å². The second-order valence-electron chi connectivity index (χ2n) is 8.70. The van der Waals surface area contributed by atoms with Gasteiger partial charge in [-0.15, -0.1) is 0 Å². The van der Waals surface area contributed by atoms with Gasteiger partial charge in [-0.3, -0.25) is 4.57 Å². The van der Waals surface area contributed by atoms with Gasteiger partial charge in [-0.25, -0.2) is 4.98 Å². The number of nitrogens with zero attached hydrogens (tertiary/aromatic N) is 3. The average Bonchev–Trinajstić information content (AvgIpc) is 3.34. The molecule has 0 atom stereocenters. The van der Waals surface area contributed by atoms with Crippen LogP contribution in [0.25, 0.3) is 49.7 Å². The van der Waals surface area contributed by atoms with Gasteiger partial charge in [-0.2, -0.15) is 26.9 Å². The van der Waals surface area contributed by atoms with E-state index in [-0.39, 0.29) is 11.4 Å². The lowest BCUT2D eigenvalue weighted by Crippen LogP contribution is -2.28. The molecule has 0 saturated carbocycles. The molecule has 6 nitrogen and oxygen atoms in total. The molecule has 0 saturated heterocycles. The molecule has 0 radical (unpaired) electrons. The fourth-order valence-electron chi connectivity index (χ4n) is 4.71. The Labute approximate surface area is 220 Å². The molecule has 1 aromatic heterocycles. The van der Waals surface area contributed by atoms with Crippen LogP contribution >= 0.6 is 0 Å². The summed E-state index contributed by atoms with van der Waals surface area (Å²) in [7, 11) is -5.94. The molecule has 0 aliphatic heterocycles. The van der Waals surface area contributed by atoms with Crippen molar-refractivity contribution in [2.24, 2.45) is 0 Å². The highest BCUT2D eigenvalue weighted by molar-refractivity contribution is 7.88. The van der Waals surface area contributed by atoms with E-state index in [0.29, 0.717) is 22.3 Å². The maximum absolute atomic E-state index is 13.2. The van der Waals surface area contributed by atoms with Gasteiger partial charge >= 0.3 is 15.6 Å². The first-order valence-electron chi connectivity index (χ1n) is 11.6. The molecule has 0 N–H and O–H groups in total. The first kappa shape index (κ1) is 24.5. The maximum Gasteiger partial charge on any atom is 0.534 e. The van der Waals surface area contributed by atoms with Gasteiger partial charge in [0.25, 0.3) is 0 Å². The molecule has 5 aromatic carbocycles. The molecule has 0 bridgehead atoms. The molecule has 6 rings (SSSR count). The first-order chi connectivity index (χ1) is 18.7. The second kappa shape index (κ2) is 8.85. The lowest BCUT2D eigenvalue weighted by molar-refractivity contribution is -0.0499. The van der Waals surface area contributed by atoms with Crippen molar-refractivity contribution in [2.75, 3.05) is 0 Å². The van der Waals surface area contributed by atoms with Crippen LogP contribution in [-0.4, -0.2) is 23.5 Å². The summed E-state index contributed by atoms with van der Waals surface area (Å²) in [6.07, 6.45) is 0. The van der Waals surface area contributed by atoms with E-state index in [1.165, 1.54) is 12.1 Å². The predicted molar refractivity (Wildman–Crippen MR) is 142 cm³/mol. The zero-order valence-corrected chi connectivity index (χ0v) is 20.7. The number of nitriles is 1. The van der Waals surface area contributed by atoms with E-state index < -0.39 is 21.4 Å². The van der Waals surface area contributed by atoms with E-state index in [4.69, 9.17) is 4.98 Å². The molecular weight excluding hydrogens is 527 g/mol. The Balaban J connectivity index is 1.76. The minimum atomic E-state index is -5.94. The molecule has 10 heteroatoms. The fraction of sp³-hybridized carbons (Fsp3) is 0.0345. The summed E-state index contributed by atoms with van der Waals surface area (Å²) in [5.74, 6) is -0.349. The predicted octanol–water partition coefficient (Wildman–Crippen LogP) is 7.10. The number of alkyl halides is 3. The largest absolute Gasteiger partial charge is 0.534 e. The summed E-state index contributed by atoms with van der Waals surface area (Å²) in [5.41, 5.74) is -3.35. The lowest BCUT2D eigenvalue weighted by Gasteiger charge is -2.15. The van der Waals surface area contributed by atoms with Crippen LogP contribution < -0.4 is 4.18 Å². The molecule has 192 valence electrons. The Morgan fingerprint density at radius 2 is 1.33 bits per heavy atom. The van der Waals surface area contributed by atoms with Crippen LogP contribution in [0.2, 0.25) is 0 Å². The monoisotopic (exact) mass is 543 g/mol. The number of para-hydroxylation sites is 1. The molecule has 1 heterocycles. The van der Waals surface area contributed by atoms with Crippen molar-refractivity contribution in [1.82, 2.24) is 9.55 Å². The SMILES string of the molecule is N#Cc1ccc(-n2c(-c3ccccc3OS(=O)(=O)C(F)(F)F)nc3c4ccccc4c4ccccc4c32)cc1. The number of aromatic nitrogens is 2. The van der Waals surface area contributed by atoms with Gasteiger partial charge in [-0.05, 0) is 47.2 Å². The van der Waals surface area contributed by atoms with Gasteiger partial charge in [0.2, 0.25) is 0 Å². The van der Waals surface area contributed by atoms with Gasteiger partial charge < -0.3 is 4.18 Å². The number of imidazole rings is 1. The Bertz CT molecular complexity index is 2060. The standard InChI is InChI=1S/C29H16F3N3O3S/c30-29(31,32)39(36,37)38-25-12-6-5-11-24(25)28-34-26-22-9-3-1-7-20(22)21-8-2-4-10-23(21)27(26)35(28)19-15-13-18(17-33)14-16-19/h1-16H. The summed E-state index contributed by atoms with van der Waals surface area (Å²) < 4.78 is 69.9. The minimum Gasteiger partial charge on any atom is -0.375 e. The average molecular weight is 544 g/mol. The van der Waals surface area contributed by atoms with E-state index in [1.807, 2.05) is 48.5 Å². The normalized spacial score (nSPS) is 12.2. The summed E-state index contributed by atoms with van der Waals surface area (Å²) in [4.78, 5) is 4.87. The van der Waals surface area contributed by atoms with Crippen molar-refractivity contribution in [3.63, 3.8) is 0 Å². The zero-order valence-electron chi connectivity index (χ0n) is 19.8. The molecule has 0 fully saturated rings. The van der Waals surface area contributed by atoms with E-state index in [0.717, 1.165) is 27.6 Å². The lowest BCUT2D eigenvalue weighted by atomic mass is 10.00. The number of hydrogen-bond acceptors (Lipinski definition) is 5. The number of benzene rings is 5. The third-order valence-corrected chi connectivity index (χ3v) is 7.36. The topological polar surface area (TPSA) is 85.0 Å². The second-order valence-corrected chi connectivity index (χ2v) is 10.2. The van der Waals surface area contributed by atoms with Gasteiger partial charge in [0.05, 0.1) is 28.2 Å². The smallest absolute Gasteiger partial charge is 0.375 e. The van der Waals surface area contributed by atoms with E-state index >= 15 is 0 Å². The van der Waals surface area contributed by atoms with Crippen molar-refractivity contribution in [3.05, 3.63) is 103 Å². The van der Waals surface area contributed by atoms with E-state index in [9.17, 15) is 26.9 Å². The highest BCUT2D eigenvalue weighted by Gasteiger charge is 2.49. The van der Waals surface area contributed by atoms with Crippen LogP contribution in [0.4, 0.5) is 13.2 Å². The molecule has 0 amide bonds. The molecule has 0 unspecified atom stereocenters. The minimum absolute atomic E-state index is 0.0408. The van der Waals surface area contributed by atoms with Crippen LogP contribution in [0.5, 0.6) is 5.75 Å². The maximum atomic E-state index is 13.2. The third kappa shape index (κ3) is 3.95. The molecule has 0 aliphatic rings. The van der Waals surface area contributed by atoms with Gasteiger partial charge in [0.15, 0.2) is 5.75 Å². The van der Waals surface area contributed by atoms with Crippen LogP contribution in [0.3, 0.4) is 0 Å². The van der Waals surface area contributed by atoms with E-state index in [2.05, 4.69) is 10.3 Å². The van der Waals surface area contributed by atoms with Crippen LogP contribution in [0, 0.1) is 11.3 Å².